The number of rotatable bonds is 3. The third kappa shape index (κ3) is 2.40. The standard InChI is InChI=1S/C17H21F2N3O/c1-11-13(17(11,18)19)10-21-8-6-12(7-9-21)22-15-5-3-2-4-14(15)20-16(22)23/h2-5,11-13H,6-10H2,1H3,(H,20,23)/t11-,13-/m1/s1. The van der Waals surface area contributed by atoms with Crippen molar-refractivity contribution in [3.63, 3.8) is 0 Å². The summed E-state index contributed by atoms with van der Waals surface area (Å²) >= 11 is 0. The van der Waals surface area contributed by atoms with E-state index in [1.807, 2.05) is 28.8 Å². The Morgan fingerprint density at radius 3 is 2.57 bits per heavy atom. The summed E-state index contributed by atoms with van der Waals surface area (Å²) in [4.78, 5) is 17.2. The van der Waals surface area contributed by atoms with Crippen LogP contribution >= 0.6 is 0 Å². The van der Waals surface area contributed by atoms with Crippen LogP contribution in [0.15, 0.2) is 29.1 Å². The molecule has 23 heavy (non-hydrogen) atoms. The average molecular weight is 321 g/mol. The molecule has 2 atom stereocenters. The van der Waals surface area contributed by atoms with Gasteiger partial charge >= 0.3 is 5.69 Å². The molecule has 1 aromatic carbocycles. The summed E-state index contributed by atoms with van der Waals surface area (Å²) in [6, 6.07) is 7.83. The number of halogens is 2. The van der Waals surface area contributed by atoms with E-state index in [-0.39, 0.29) is 11.7 Å². The van der Waals surface area contributed by atoms with Gasteiger partial charge in [0.2, 0.25) is 0 Å². The third-order valence-corrected chi connectivity index (χ3v) is 5.60. The number of piperidine rings is 1. The number of nitrogens with zero attached hydrogens (tertiary/aromatic N) is 2. The molecule has 0 unspecified atom stereocenters. The van der Waals surface area contributed by atoms with Crippen molar-refractivity contribution in [3.8, 4) is 0 Å². The number of imidazole rings is 1. The topological polar surface area (TPSA) is 41.0 Å². The van der Waals surface area contributed by atoms with Crippen LogP contribution in [-0.4, -0.2) is 40.0 Å². The van der Waals surface area contributed by atoms with Gasteiger partial charge < -0.3 is 9.88 Å². The highest BCUT2D eigenvalue weighted by Gasteiger charge is 2.65. The van der Waals surface area contributed by atoms with Crippen LogP contribution in [0, 0.1) is 11.8 Å². The lowest BCUT2D eigenvalue weighted by molar-refractivity contribution is 0.0735. The van der Waals surface area contributed by atoms with Crippen LogP contribution in [0.3, 0.4) is 0 Å². The highest BCUT2D eigenvalue weighted by molar-refractivity contribution is 5.75. The first-order chi connectivity index (χ1) is 11.0. The second kappa shape index (κ2) is 5.16. The number of aromatic amines is 1. The fourth-order valence-electron chi connectivity index (χ4n) is 3.92. The fraction of sp³-hybridized carbons (Fsp3) is 0.588. The van der Waals surface area contributed by atoms with Crippen molar-refractivity contribution >= 4 is 11.0 Å². The van der Waals surface area contributed by atoms with Gasteiger partial charge in [0, 0.05) is 37.5 Å². The minimum absolute atomic E-state index is 0.0769. The van der Waals surface area contributed by atoms with Crippen LogP contribution < -0.4 is 5.69 Å². The van der Waals surface area contributed by atoms with E-state index < -0.39 is 17.8 Å². The second-order valence-electron chi connectivity index (χ2n) is 6.92. The molecule has 1 aromatic heterocycles. The van der Waals surface area contributed by atoms with E-state index in [0.717, 1.165) is 37.0 Å². The minimum Gasteiger partial charge on any atom is -0.306 e. The van der Waals surface area contributed by atoms with E-state index in [1.165, 1.54) is 0 Å². The number of H-pyrrole nitrogens is 1. The number of hydrogen-bond acceptors (Lipinski definition) is 2. The van der Waals surface area contributed by atoms with Gasteiger partial charge in [-0.15, -0.1) is 0 Å². The molecule has 4 nitrogen and oxygen atoms in total. The summed E-state index contributed by atoms with van der Waals surface area (Å²) in [6.07, 6.45) is 1.66. The first-order valence-corrected chi connectivity index (χ1v) is 8.28. The maximum atomic E-state index is 13.4. The lowest BCUT2D eigenvalue weighted by atomic mass is 10.0. The summed E-state index contributed by atoms with van der Waals surface area (Å²) in [5, 5.41) is 0. The SMILES string of the molecule is C[C@@H]1[C@@H](CN2CCC(n3c(=O)[nH]c4ccccc43)CC2)C1(F)F. The molecule has 0 spiro atoms. The van der Waals surface area contributed by atoms with Crippen LogP contribution in [0.2, 0.25) is 0 Å². The zero-order valence-corrected chi connectivity index (χ0v) is 13.1. The Hall–Kier alpha value is -1.69. The summed E-state index contributed by atoms with van der Waals surface area (Å²) < 4.78 is 28.6. The van der Waals surface area contributed by atoms with Gasteiger partial charge in [0.05, 0.1) is 11.0 Å². The van der Waals surface area contributed by atoms with Crippen molar-refractivity contribution in [3.05, 3.63) is 34.7 Å². The Kier molecular flexibility index (Phi) is 3.34. The molecular weight excluding hydrogens is 300 g/mol. The van der Waals surface area contributed by atoms with Gasteiger partial charge in [0.25, 0.3) is 5.92 Å². The number of fused-ring (bicyclic) bond motifs is 1. The molecular formula is C17H21F2N3O. The van der Waals surface area contributed by atoms with Gasteiger partial charge in [-0.25, -0.2) is 13.6 Å². The zero-order chi connectivity index (χ0) is 16.2. The van der Waals surface area contributed by atoms with E-state index in [1.54, 1.807) is 6.92 Å². The molecule has 1 aliphatic carbocycles. The van der Waals surface area contributed by atoms with Gasteiger partial charge in [-0.05, 0) is 25.0 Å². The van der Waals surface area contributed by atoms with Crippen molar-refractivity contribution < 1.29 is 8.78 Å². The Balaban J connectivity index is 1.45. The second-order valence-corrected chi connectivity index (χ2v) is 6.92. The summed E-state index contributed by atoms with van der Waals surface area (Å²) in [5.41, 5.74) is 1.71. The Labute approximate surface area is 133 Å². The minimum atomic E-state index is -2.48. The van der Waals surface area contributed by atoms with Gasteiger partial charge in [-0.1, -0.05) is 19.1 Å². The average Bonchev–Trinajstić information content (AvgIpc) is 2.87. The number of hydrogen-bond donors (Lipinski definition) is 1. The van der Waals surface area contributed by atoms with E-state index in [0.29, 0.717) is 6.54 Å². The highest BCUT2D eigenvalue weighted by Crippen LogP contribution is 2.55. The number of benzene rings is 1. The lowest BCUT2D eigenvalue weighted by Crippen LogP contribution is -2.38. The van der Waals surface area contributed by atoms with Crippen molar-refractivity contribution in [2.45, 2.75) is 31.7 Å². The molecule has 1 N–H and O–H groups in total. The van der Waals surface area contributed by atoms with Crippen molar-refractivity contribution in [1.29, 1.82) is 0 Å². The van der Waals surface area contributed by atoms with E-state index in [9.17, 15) is 13.6 Å². The molecule has 2 fully saturated rings. The van der Waals surface area contributed by atoms with Crippen LogP contribution in [0.1, 0.15) is 25.8 Å². The monoisotopic (exact) mass is 321 g/mol. The van der Waals surface area contributed by atoms with Crippen molar-refractivity contribution in [1.82, 2.24) is 14.5 Å². The molecule has 2 heterocycles. The number of aromatic nitrogens is 2. The third-order valence-electron chi connectivity index (χ3n) is 5.60. The van der Waals surface area contributed by atoms with Crippen LogP contribution in [0.5, 0.6) is 0 Å². The first kappa shape index (κ1) is 14.9. The van der Waals surface area contributed by atoms with Crippen molar-refractivity contribution in [2.75, 3.05) is 19.6 Å². The molecule has 1 saturated heterocycles. The van der Waals surface area contributed by atoms with Crippen LogP contribution in [0.25, 0.3) is 11.0 Å². The number of alkyl halides is 2. The Bertz CT molecular complexity index is 773. The summed E-state index contributed by atoms with van der Waals surface area (Å²) in [6.45, 7) is 3.65. The molecule has 4 rings (SSSR count). The molecule has 0 radical (unpaired) electrons. The quantitative estimate of drug-likeness (QED) is 0.944. The Morgan fingerprint density at radius 2 is 1.91 bits per heavy atom. The normalized spacial score (nSPS) is 28.3. The predicted octanol–water partition coefficient (Wildman–Crippen LogP) is 2.87. The van der Waals surface area contributed by atoms with Crippen LogP contribution in [-0.2, 0) is 0 Å². The molecule has 124 valence electrons. The maximum absolute atomic E-state index is 13.4. The highest BCUT2D eigenvalue weighted by atomic mass is 19.3. The van der Waals surface area contributed by atoms with Crippen molar-refractivity contribution in [2.24, 2.45) is 11.8 Å². The number of likely N-dealkylation sites (tertiary alicyclic amines) is 1. The van der Waals surface area contributed by atoms with Gasteiger partial charge in [0.15, 0.2) is 0 Å². The van der Waals surface area contributed by atoms with Gasteiger partial charge in [-0.2, -0.15) is 0 Å². The van der Waals surface area contributed by atoms with E-state index in [4.69, 9.17) is 0 Å². The van der Waals surface area contributed by atoms with Gasteiger partial charge in [0.1, 0.15) is 0 Å². The molecule has 1 aliphatic heterocycles. The lowest BCUT2D eigenvalue weighted by Gasteiger charge is -2.32. The van der Waals surface area contributed by atoms with Gasteiger partial charge in [-0.3, -0.25) is 4.57 Å². The summed E-state index contributed by atoms with van der Waals surface area (Å²) in [7, 11) is 0. The maximum Gasteiger partial charge on any atom is 0.326 e. The molecule has 6 heteroatoms. The number of nitrogens with one attached hydrogen (secondary N) is 1. The molecule has 2 aliphatic rings. The summed E-state index contributed by atoms with van der Waals surface area (Å²) in [5.74, 6) is -3.46. The van der Waals surface area contributed by atoms with E-state index >= 15 is 0 Å². The fourth-order valence-corrected chi connectivity index (χ4v) is 3.92. The largest absolute Gasteiger partial charge is 0.326 e. The molecule has 2 aromatic rings. The molecule has 1 saturated carbocycles. The first-order valence-electron chi connectivity index (χ1n) is 8.28. The molecule has 0 amide bonds. The smallest absolute Gasteiger partial charge is 0.306 e. The Morgan fingerprint density at radius 1 is 1.26 bits per heavy atom. The number of para-hydroxylation sites is 2. The molecule has 0 bridgehead atoms. The van der Waals surface area contributed by atoms with E-state index in [2.05, 4.69) is 9.88 Å². The zero-order valence-electron chi connectivity index (χ0n) is 13.1. The predicted molar refractivity (Wildman–Crippen MR) is 84.9 cm³/mol. The van der Waals surface area contributed by atoms with Crippen LogP contribution in [0.4, 0.5) is 8.78 Å².